The van der Waals surface area contributed by atoms with Crippen molar-refractivity contribution in [2.45, 2.75) is 18.0 Å². The van der Waals surface area contributed by atoms with Gasteiger partial charge in [0.05, 0.1) is 29.8 Å². The van der Waals surface area contributed by atoms with Crippen molar-refractivity contribution < 1.29 is 13.9 Å². The maximum atomic E-state index is 13.4. The van der Waals surface area contributed by atoms with Gasteiger partial charge < -0.3 is 10.1 Å². The molecule has 4 rings (SSSR count). The highest BCUT2D eigenvalue weighted by molar-refractivity contribution is 7.99. The summed E-state index contributed by atoms with van der Waals surface area (Å²) in [5.74, 6) is 0.281. The van der Waals surface area contributed by atoms with Crippen LogP contribution < -0.4 is 10.9 Å². The summed E-state index contributed by atoms with van der Waals surface area (Å²) in [5, 5.41) is 4.00. The summed E-state index contributed by atoms with van der Waals surface area (Å²) in [6.07, 6.45) is 1.06. The standard InChI is InChI=1S/C24H27FN4O3S/c25-18-7-9-19(10-8-18)29-23(31)20-4-1-2-5-21(20)27-24(29)33-17-3-6-22(30)26-11-12-28-13-15-32-16-14-28/h1-2,4-5,7-10H,3,6,11-17H2,(H,26,30). The smallest absolute Gasteiger partial charge is 0.266 e. The molecule has 0 saturated carbocycles. The van der Waals surface area contributed by atoms with E-state index in [2.05, 4.69) is 15.2 Å². The number of carbonyl (C=O) groups is 1. The van der Waals surface area contributed by atoms with E-state index in [1.165, 1.54) is 28.5 Å². The van der Waals surface area contributed by atoms with E-state index >= 15 is 0 Å². The lowest BCUT2D eigenvalue weighted by molar-refractivity contribution is -0.121. The Kier molecular flexibility index (Phi) is 8.09. The third-order valence-electron chi connectivity index (χ3n) is 5.46. The van der Waals surface area contributed by atoms with Gasteiger partial charge in [-0.2, -0.15) is 0 Å². The van der Waals surface area contributed by atoms with Crippen molar-refractivity contribution in [1.82, 2.24) is 19.8 Å². The monoisotopic (exact) mass is 470 g/mol. The largest absolute Gasteiger partial charge is 0.379 e. The summed E-state index contributed by atoms with van der Waals surface area (Å²) >= 11 is 1.42. The van der Waals surface area contributed by atoms with Crippen LogP contribution in [0, 0.1) is 5.82 Å². The number of halogens is 1. The quantitative estimate of drug-likeness (QED) is 0.295. The second-order valence-corrected chi connectivity index (χ2v) is 8.85. The van der Waals surface area contributed by atoms with E-state index in [1.807, 2.05) is 6.07 Å². The Morgan fingerprint density at radius 3 is 2.67 bits per heavy atom. The number of nitrogens with one attached hydrogen (secondary N) is 1. The van der Waals surface area contributed by atoms with Crippen LogP contribution in [-0.4, -0.2) is 65.5 Å². The number of ether oxygens (including phenoxy) is 1. The fourth-order valence-electron chi connectivity index (χ4n) is 3.69. The summed E-state index contributed by atoms with van der Waals surface area (Å²) in [4.78, 5) is 32.3. The lowest BCUT2D eigenvalue weighted by atomic mass is 10.2. The van der Waals surface area contributed by atoms with Crippen molar-refractivity contribution in [3.63, 3.8) is 0 Å². The number of rotatable bonds is 9. The maximum Gasteiger partial charge on any atom is 0.266 e. The van der Waals surface area contributed by atoms with Crippen LogP contribution in [0.15, 0.2) is 58.5 Å². The molecule has 9 heteroatoms. The molecule has 1 N–H and O–H groups in total. The van der Waals surface area contributed by atoms with E-state index in [-0.39, 0.29) is 17.3 Å². The van der Waals surface area contributed by atoms with Crippen LogP contribution in [0.1, 0.15) is 12.8 Å². The Morgan fingerprint density at radius 1 is 1.12 bits per heavy atom. The summed E-state index contributed by atoms with van der Waals surface area (Å²) in [6, 6.07) is 13.0. The third-order valence-corrected chi connectivity index (χ3v) is 6.49. The summed E-state index contributed by atoms with van der Waals surface area (Å²) in [5.41, 5.74) is 0.975. The molecule has 0 radical (unpaired) electrons. The molecule has 1 fully saturated rings. The van der Waals surface area contributed by atoms with Crippen LogP contribution >= 0.6 is 11.8 Å². The number of hydrogen-bond donors (Lipinski definition) is 1. The molecular weight excluding hydrogens is 443 g/mol. The van der Waals surface area contributed by atoms with Gasteiger partial charge in [0.25, 0.3) is 5.56 Å². The zero-order chi connectivity index (χ0) is 23.0. The molecule has 33 heavy (non-hydrogen) atoms. The molecule has 0 aliphatic carbocycles. The highest BCUT2D eigenvalue weighted by Crippen LogP contribution is 2.22. The molecule has 0 atom stereocenters. The highest BCUT2D eigenvalue weighted by atomic mass is 32.2. The van der Waals surface area contributed by atoms with Crippen LogP contribution in [0.4, 0.5) is 4.39 Å². The molecule has 0 spiro atoms. The van der Waals surface area contributed by atoms with Crippen LogP contribution in [0.25, 0.3) is 16.6 Å². The first-order chi connectivity index (χ1) is 16.1. The van der Waals surface area contributed by atoms with Gasteiger partial charge in [-0.3, -0.25) is 19.1 Å². The van der Waals surface area contributed by atoms with Crippen molar-refractivity contribution in [2.75, 3.05) is 45.1 Å². The van der Waals surface area contributed by atoms with E-state index in [9.17, 15) is 14.0 Å². The molecule has 1 aliphatic heterocycles. The van der Waals surface area contributed by atoms with Gasteiger partial charge >= 0.3 is 0 Å². The molecule has 2 heterocycles. The minimum atomic E-state index is -0.366. The van der Waals surface area contributed by atoms with Crippen molar-refractivity contribution in [3.8, 4) is 5.69 Å². The lowest BCUT2D eigenvalue weighted by Gasteiger charge is -2.26. The van der Waals surface area contributed by atoms with Crippen LogP contribution in [0.2, 0.25) is 0 Å². The van der Waals surface area contributed by atoms with Gasteiger partial charge in [-0.05, 0) is 42.8 Å². The molecular formula is C24H27FN4O3S. The third kappa shape index (κ3) is 6.19. The van der Waals surface area contributed by atoms with Crippen molar-refractivity contribution in [1.29, 1.82) is 0 Å². The van der Waals surface area contributed by atoms with Crippen molar-refractivity contribution in [3.05, 3.63) is 64.7 Å². The molecule has 1 amide bonds. The topological polar surface area (TPSA) is 76.5 Å². The molecule has 3 aromatic rings. The van der Waals surface area contributed by atoms with Crippen molar-refractivity contribution in [2.24, 2.45) is 0 Å². The number of hydrogen-bond acceptors (Lipinski definition) is 6. The van der Waals surface area contributed by atoms with E-state index in [4.69, 9.17) is 4.74 Å². The minimum Gasteiger partial charge on any atom is -0.379 e. The second kappa shape index (κ2) is 11.4. The normalized spacial score (nSPS) is 14.5. The van der Waals surface area contributed by atoms with Crippen LogP contribution in [0.5, 0.6) is 0 Å². The first-order valence-corrected chi connectivity index (χ1v) is 12.1. The molecule has 0 bridgehead atoms. The van der Waals surface area contributed by atoms with E-state index in [0.29, 0.717) is 46.9 Å². The number of aromatic nitrogens is 2. The van der Waals surface area contributed by atoms with Crippen molar-refractivity contribution >= 4 is 28.6 Å². The number of fused-ring (bicyclic) bond motifs is 1. The summed E-state index contributed by atoms with van der Waals surface area (Å²) < 4.78 is 20.3. The van der Waals surface area contributed by atoms with Gasteiger partial charge in [0.1, 0.15) is 5.82 Å². The predicted octanol–water partition coefficient (Wildman–Crippen LogP) is 2.85. The molecule has 1 aromatic heterocycles. The number of para-hydroxylation sites is 1. The number of morpholine rings is 1. The molecule has 7 nitrogen and oxygen atoms in total. The second-order valence-electron chi connectivity index (χ2n) is 7.78. The molecule has 0 unspecified atom stereocenters. The molecule has 174 valence electrons. The van der Waals surface area contributed by atoms with Crippen LogP contribution in [-0.2, 0) is 9.53 Å². The Hall–Kier alpha value is -2.75. The zero-order valence-corrected chi connectivity index (χ0v) is 19.2. The van der Waals surface area contributed by atoms with Gasteiger partial charge in [0.15, 0.2) is 5.16 Å². The van der Waals surface area contributed by atoms with E-state index in [0.717, 1.165) is 32.8 Å². The van der Waals surface area contributed by atoms with Gasteiger partial charge in [-0.1, -0.05) is 23.9 Å². The minimum absolute atomic E-state index is 0.0197. The predicted molar refractivity (Wildman–Crippen MR) is 128 cm³/mol. The van der Waals surface area contributed by atoms with Gasteiger partial charge in [-0.25, -0.2) is 9.37 Å². The average molecular weight is 471 g/mol. The lowest BCUT2D eigenvalue weighted by Crippen LogP contribution is -2.41. The maximum absolute atomic E-state index is 13.4. The Morgan fingerprint density at radius 2 is 1.88 bits per heavy atom. The number of amides is 1. The van der Waals surface area contributed by atoms with Gasteiger partial charge in [-0.15, -0.1) is 0 Å². The first kappa shape index (κ1) is 23.4. The van der Waals surface area contributed by atoms with E-state index < -0.39 is 0 Å². The van der Waals surface area contributed by atoms with E-state index in [1.54, 1.807) is 30.3 Å². The summed E-state index contributed by atoms with van der Waals surface area (Å²) in [7, 11) is 0. The number of thioether (sulfide) groups is 1. The number of nitrogens with zero attached hydrogens (tertiary/aromatic N) is 3. The Bertz CT molecular complexity index is 1150. The highest BCUT2D eigenvalue weighted by Gasteiger charge is 2.14. The Balaban J connectivity index is 1.36. The fourth-order valence-corrected chi connectivity index (χ4v) is 4.64. The molecule has 2 aromatic carbocycles. The zero-order valence-electron chi connectivity index (χ0n) is 18.3. The Labute approximate surface area is 195 Å². The molecule has 1 saturated heterocycles. The first-order valence-electron chi connectivity index (χ1n) is 11.1. The van der Waals surface area contributed by atoms with Gasteiger partial charge in [0.2, 0.25) is 5.91 Å². The number of carbonyl (C=O) groups excluding carboxylic acids is 1. The SMILES string of the molecule is O=C(CCCSc1nc2ccccc2c(=O)n1-c1ccc(F)cc1)NCCN1CCOCC1. The van der Waals surface area contributed by atoms with Gasteiger partial charge in [0, 0.05) is 38.4 Å². The molecule has 1 aliphatic rings. The fraction of sp³-hybridized carbons (Fsp3) is 0.375. The van der Waals surface area contributed by atoms with Crippen LogP contribution in [0.3, 0.4) is 0 Å². The average Bonchev–Trinajstić information content (AvgIpc) is 2.83. The number of benzene rings is 2. The summed E-state index contributed by atoms with van der Waals surface area (Å²) in [6.45, 7) is 4.76.